The van der Waals surface area contributed by atoms with Gasteiger partial charge in [-0.25, -0.2) is 0 Å². The molecule has 1 aromatic carbocycles. The monoisotopic (exact) mass is 235 g/mol. The first-order chi connectivity index (χ1) is 8.20. The van der Waals surface area contributed by atoms with Gasteiger partial charge >= 0.3 is 0 Å². The van der Waals surface area contributed by atoms with Crippen molar-refractivity contribution in [1.29, 1.82) is 0 Å². The van der Waals surface area contributed by atoms with Gasteiger partial charge in [0.1, 0.15) is 0 Å². The van der Waals surface area contributed by atoms with Crippen LogP contribution in [0.1, 0.15) is 5.56 Å². The Balaban J connectivity index is 2.00. The molecule has 0 radical (unpaired) electrons. The van der Waals surface area contributed by atoms with E-state index < -0.39 is 0 Å². The largest absolute Gasteiger partial charge is 0.399 e. The highest BCUT2D eigenvalue weighted by Crippen LogP contribution is 2.23. The number of hydrogen-bond acceptors (Lipinski definition) is 4. The lowest BCUT2D eigenvalue weighted by Gasteiger charge is -2.36. The fourth-order valence-corrected chi connectivity index (χ4v) is 2.39. The molecule has 0 bridgehead atoms. The van der Waals surface area contributed by atoms with E-state index in [9.17, 15) is 0 Å². The molecular formula is C13H21N3O. The van der Waals surface area contributed by atoms with Crippen LogP contribution in [0.15, 0.2) is 18.2 Å². The molecule has 1 aromatic rings. The van der Waals surface area contributed by atoms with Gasteiger partial charge in [-0.3, -0.25) is 4.90 Å². The van der Waals surface area contributed by atoms with Crippen LogP contribution in [-0.4, -0.2) is 49.3 Å². The number of aliphatic hydroxyl groups is 1. The van der Waals surface area contributed by atoms with Gasteiger partial charge in [-0.1, -0.05) is 0 Å². The average Bonchev–Trinajstić information content (AvgIpc) is 2.31. The zero-order valence-electron chi connectivity index (χ0n) is 10.4. The van der Waals surface area contributed by atoms with Crippen LogP contribution in [0.2, 0.25) is 0 Å². The first-order valence-corrected chi connectivity index (χ1v) is 6.15. The number of piperazine rings is 1. The molecule has 0 atom stereocenters. The van der Waals surface area contributed by atoms with E-state index in [-0.39, 0.29) is 6.61 Å². The summed E-state index contributed by atoms with van der Waals surface area (Å²) in [6.07, 6.45) is 0. The molecule has 1 saturated heterocycles. The minimum atomic E-state index is 0.251. The maximum absolute atomic E-state index is 8.91. The number of hydrogen-bond donors (Lipinski definition) is 2. The second-order valence-corrected chi connectivity index (χ2v) is 4.60. The molecule has 1 heterocycles. The Labute approximate surface area is 103 Å². The van der Waals surface area contributed by atoms with Crippen LogP contribution in [-0.2, 0) is 0 Å². The molecule has 0 spiro atoms. The normalized spacial score (nSPS) is 17.4. The topological polar surface area (TPSA) is 52.7 Å². The van der Waals surface area contributed by atoms with Crippen molar-refractivity contribution in [3.63, 3.8) is 0 Å². The van der Waals surface area contributed by atoms with Crippen molar-refractivity contribution in [1.82, 2.24) is 4.90 Å². The van der Waals surface area contributed by atoms with E-state index in [1.807, 2.05) is 12.1 Å². The van der Waals surface area contributed by atoms with Crippen molar-refractivity contribution in [2.45, 2.75) is 6.92 Å². The number of nitrogens with zero attached hydrogens (tertiary/aromatic N) is 2. The average molecular weight is 235 g/mol. The Hall–Kier alpha value is -1.26. The summed E-state index contributed by atoms with van der Waals surface area (Å²) in [6.45, 7) is 7.21. The van der Waals surface area contributed by atoms with Crippen LogP contribution in [0.3, 0.4) is 0 Å². The van der Waals surface area contributed by atoms with E-state index in [1.54, 1.807) is 0 Å². The molecule has 3 N–H and O–H groups in total. The number of β-amino-alcohol motifs (C(OH)–C–C–N with tert-alkyl or cyclic N) is 1. The van der Waals surface area contributed by atoms with Crippen LogP contribution >= 0.6 is 0 Å². The van der Waals surface area contributed by atoms with Crippen LogP contribution < -0.4 is 10.6 Å². The lowest BCUT2D eigenvalue weighted by atomic mass is 10.1. The molecule has 94 valence electrons. The highest BCUT2D eigenvalue weighted by atomic mass is 16.3. The van der Waals surface area contributed by atoms with Gasteiger partial charge in [-0.05, 0) is 30.7 Å². The first-order valence-electron chi connectivity index (χ1n) is 6.15. The van der Waals surface area contributed by atoms with Gasteiger partial charge < -0.3 is 15.7 Å². The minimum Gasteiger partial charge on any atom is -0.399 e. The highest BCUT2D eigenvalue weighted by Gasteiger charge is 2.17. The summed E-state index contributed by atoms with van der Waals surface area (Å²) in [5.41, 5.74) is 9.11. The van der Waals surface area contributed by atoms with Gasteiger partial charge in [-0.15, -0.1) is 0 Å². The summed E-state index contributed by atoms with van der Waals surface area (Å²) in [6, 6.07) is 6.09. The Morgan fingerprint density at radius 1 is 1.24 bits per heavy atom. The standard InChI is InChI=1S/C13H21N3O/c1-11-10-12(14)2-3-13(11)16-6-4-15(5-7-16)8-9-17/h2-3,10,17H,4-9,14H2,1H3. The third-order valence-electron chi connectivity index (χ3n) is 3.35. The second-order valence-electron chi connectivity index (χ2n) is 4.60. The quantitative estimate of drug-likeness (QED) is 0.757. The lowest BCUT2D eigenvalue weighted by molar-refractivity contribution is 0.188. The molecule has 1 fully saturated rings. The molecule has 4 heteroatoms. The number of aryl methyl sites for hydroxylation is 1. The fraction of sp³-hybridized carbons (Fsp3) is 0.538. The summed E-state index contributed by atoms with van der Waals surface area (Å²) < 4.78 is 0. The molecule has 0 aliphatic carbocycles. The van der Waals surface area contributed by atoms with Gasteiger partial charge in [0, 0.05) is 44.1 Å². The van der Waals surface area contributed by atoms with Gasteiger partial charge in [-0.2, -0.15) is 0 Å². The summed E-state index contributed by atoms with van der Waals surface area (Å²) in [5.74, 6) is 0. The van der Waals surface area contributed by atoms with Crippen LogP contribution in [0.5, 0.6) is 0 Å². The number of anilines is 2. The van der Waals surface area contributed by atoms with Crippen molar-refractivity contribution in [2.24, 2.45) is 0 Å². The molecular weight excluding hydrogens is 214 g/mol. The highest BCUT2D eigenvalue weighted by molar-refractivity contribution is 5.59. The zero-order valence-corrected chi connectivity index (χ0v) is 10.4. The lowest BCUT2D eigenvalue weighted by Crippen LogP contribution is -2.47. The third-order valence-corrected chi connectivity index (χ3v) is 3.35. The summed E-state index contributed by atoms with van der Waals surface area (Å²) >= 11 is 0. The number of aliphatic hydroxyl groups excluding tert-OH is 1. The molecule has 2 rings (SSSR count). The Morgan fingerprint density at radius 3 is 2.53 bits per heavy atom. The molecule has 0 amide bonds. The van der Waals surface area contributed by atoms with Crippen LogP contribution in [0, 0.1) is 6.92 Å². The number of nitrogen functional groups attached to an aromatic ring is 1. The Kier molecular flexibility index (Phi) is 3.86. The maximum atomic E-state index is 8.91. The predicted molar refractivity (Wildman–Crippen MR) is 71.3 cm³/mol. The van der Waals surface area contributed by atoms with Crippen LogP contribution in [0.25, 0.3) is 0 Å². The molecule has 1 aliphatic rings. The minimum absolute atomic E-state index is 0.251. The molecule has 0 unspecified atom stereocenters. The van der Waals surface area contributed by atoms with Gasteiger partial charge in [0.25, 0.3) is 0 Å². The summed E-state index contributed by atoms with van der Waals surface area (Å²) in [4.78, 5) is 4.69. The Bertz CT molecular complexity index is 373. The van der Waals surface area contributed by atoms with E-state index in [2.05, 4.69) is 22.8 Å². The second kappa shape index (κ2) is 5.38. The summed E-state index contributed by atoms with van der Waals surface area (Å²) in [7, 11) is 0. The van der Waals surface area contributed by atoms with Gasteiger partial charge in [0.2, 0.25) is 0 Å². The zero-order chi connectivity index (χ0) is 12.3. The van der Waals surface area contributed by atoms with E-state index in [4.69, 9.17) is 10.8 Å². The number of rotatable bonds is 3. The smallest absolute Gasteiger partial charge is 0.0558 e. The SMILES string of the molecule is Cc1cc(N)ccc1N1CCN(CCO)CC1. The maximum Gasteiger partial charge on any atom is 0.0558 e. The van der Waals surface area contributed by atoms with Crippen molar-refractivity contribution < 1.29 is 5.11 Å². The predicted octanol–water partition coefficient (Wildman–Crippen LogP) is 0.692. The summed E-state index contributed by atoms with van der Waals surface area (Å²) in [5, 5.41) is 8.91. The van der Waals surface area contributed by atoms with Gasteiger partial charge in [0.05, 0.1) is 6.61 Å². The van der Waals surface area contributed by atoms with E-state index >= 15 is 0 Å². The molecule has 4 nitrogen and oxygen atoms in total. The number of nitrogens with two attached hydrogens (primary N) is 1. The number of benzene rings is 1. The van der Waals surface area contributed by atoms with Crippen molar-refractivity contribution in [3.05, 3.63) is 23.8 Å². The van der Waals surface area contributed by atoms with E-state index in [0.29, 0.717) is 0 Å². The third kappa shape index (κ3) is 2.90. The first kappa shape index (κ1) is 12.2. The van der Waals surface area contributed by atoms with Gasteiger partial charge in [0.15, 0.2) is 0 Å². The van der Waals surface area contributed by atoms with E-state index in [1.165, 1.54) is 11.3 Å². The Morgan fingerprint density at radius 2 is 1.94 bits per heavy atom. The fourth-order valence-electron chi connectivity index (χ4n) is 2.39. The van der Waals surface area contributed by atoms with Crippen molar-refractivity contribution in [2.75, 3.05) is 50.0 Å². The molecule has 17 heavy (non-hydrogen) atoms. The van der Waals surface area contributed by atoms with Crippen molar-refractivity contribution >= 4 is 11.4 Å². The molecule has 0 saturated carbocycles. The molecule has 1 aliphatic heterocycles. The molecule has 0 aromatic heterocycles. The van der Waals surface area contributed by atoms with E-state index in [0.717, 1.165) is 38.4 Å². The van der Waals surface area contributed by atoms with Crippen molar-refractivity contribution in [3.8, 4) is 0 Å². The van der Waals surface area contributed by atoms with Crippen LogP contribution in [0.4, 0.5) is 11.4 Å².